The minimum atomic E-state index is -0.441. The van der Waals surface area contributed by atoms with Crippen LogP contribution in [0.5, 0.6) is 5.75 Å². The first kappa shape index (κ1) is 17.9. The van der Waals surface area contributed by atoms with E-state index in [9.17, 15) is 4.79 Å². The van der Waals surface area contributed by atoms with Gasteiger partial charge in [-0.1, -0.05) is 18.2 Å². The third kappa shape index (κ3) is 4.02. The molecule has 2 N–H and O–H groups in total. The van der Waals surface area contributed by atoms with Crippen molar-refractivity contribution in [3.63, 3.8) is 0 Å². The number of hydrogen-bond donors (Lipinski definition) is 2. The number of nitrogens with one attached hydrogen (secondary N) is 2. The zero-order chi connectivity index (χ0) is 18.5. The number of carbonyl (C=O) groups is 1. The van der Waals surface area contributed by atoms with Gasteiger partial charge < -0.3 is 19.9 Å². The Labute approximate surface area is 156 Å². The van der Waals surface area contributed by atoms with E-state index in [0.29, 0.717) is 12.3 Å². The number of nitrogens with zero attached hydrogens (tertiary/aromatic N) is 3. The second-order valence-corrected chi connectivity index (χ2v) is 6.72. The zero-order valence-corrected chi connectivity index (χ0v) is 15.7. The van der Waals surface area contributed by atoms with Crippen LogP contribution in [0.15, 0.2) is 42.0 Å². The highest BCUT2D eigenvalue weighted by Gasteiger charge is 2.23. The first-order valence-corrected chi connectivity index (χ1v) is 9.02. The van der Waals surface area contributed by atoms with Crippen molar-refractivity contribution in [2.75, 3.05) is 7.11 Å². The lowest BCUT2D eigenvalue weighted by atomic mass is 10.0. The molecule has 2 heterocycles. The van der Waals surface area contributed by atoms with Crippen molar-refractivity contribution in [3.05, 3.63) is 64.1 Å². The van der Waals surface area contributed by atoms with E-state index < -0.39 is 6.04 Å². The van der Waals surface area contributed by atoms with Crippen LogP contribution in [-0.2, 0) is 13.6 Å². The normalized spacial score (nSPS) is 11.8. The topological polar surface area (TPSA) is 81.1 Å². The highest BCUT2D eigenvalue weighted by atomic mass is 32.1. The number of carbonyl (C=O) groups excluding carboxylic acids is 1. The van der Waals surface area contributed by atoms with Gasteiger partial charge in [-0.05, 0) is 13.0 Å². The summed E-state index contributed by atoms with van der Waals surface area (Å²) in [5, 5.41) is 8.67. The van der Waals surface area contributed by atoms with Crippen LogP contribution < -0.4 is 15.4 Å². The summed E-state index contributed by atoms with van der Waals surface area (Å²) in [6.07, 6.45) is 3.55. The van der Waals surface area contributed by atoms with Crippen molar-refractivity contribution in [2.45, 2.75) is 19.5 Å². The third-order valence-corrected chi connectivity index (χ3v) is 4.88. The van der Waals surface area contributed by atoms with Gasteiger partial charge in [0.15, 0.2) is 0 Å². The van der Waals surface area contributed by atoms with Gasteiger partial charge in [0.05, 0.1) is 13.7 Å². The van der Waals surface area contributed by atoms with E-state index in [0.717, 1.165) is 22.1 Å². The lowest BCUT2D eigenvalue weighted by molar-refractivity contribution is 0.237. The number of aryl methyl sites for hydroxylation is 2. The number of amides is 2. The van der Waals surface area contributed by atoms with E-state index in [4.69, 9.17) is 4.74 Å². The molecule has 1 unspecified atom stereocenters. The number of thiazole rings is 1. The van der Waals surface area contributed by atoms with Crippen LogP contribution in [0.25, 0.3) is 0 Å². The number of methoxy groups -OCH3 is 1. The maximum Gasteiger partial charge on any atom is 0.316 e. The highest BCUT2D eigenvalue weighted by molar-refractivity contribution is 7.09. The van der Waals surface area contributed by atoms with Gasteiger partial charge in [0.2, 0.25) is 0 Å². The van der Waals surface area contributed by atoms with Crippen LogP contribution in [0.4, 0.5) is 4.79 Å². The van der Waals surface area contributed by atoms with Crippen molar-refractivity contribution in [3.8, 4) is 5.75 Å². The molecule has 0 bridgehead atoms. The van der Waals surface area contributed by atoms with E-state index in [1.54, 1.807) is 13.3 Å². The van der Waals surface area contributed by atoms with Crippen LogP contribution in [0.3, 0.4) is 0 Å². The van der Waals surface area contributed by atoms with Gasteiger partial charge in [0, 0.05) is 36.1 Å². The molecule has 1 atom stereocenters. The molecule has 0 saturated heterocycles. The fourth-order valence-electron chi connectivity index (χ4n) is 2.66. The summed E-state index contributed by atoms with van der Waals surface area (Å²) in [7, 11) is 3.50. The summed E-state index contributed by atoms with van der Waals surface area (Å²) < 4.78 is 7.34. The standard InChI is InChI=1S/C18H21N5O2S/c1-12-11-26-15(21-12)10-20-18(24)22-16(17-19-8-9-23(17)2)13-6-4-5-7-14(13)25-3/h4-9,11,16H,10H2,1-3H3,(H2,20,22,24). The van der Waals surface area contributed by atoms with E-state index in [-0.39, 0.29) is 6.03 Å². The number of ether oxygens (including phenoxy) is 1. The van der Waals surface area contributed by atoms with Gasteiger partial charge in [-0.2, -0.15) is 0 Å². The number of para-hydroxylation sites is 1. The minimum absolute atomic E-state index is 0.295. The van der Waals surface area contributed by atoms with E-state index in [1.165, 1.54) is 11.3 Å². The van der Waals surface area contributed by atoms with E-state index in [2.05, 4.69) is 20.6 Å². The Morgan fingerprint density at radius 3 is 2.85 bits per heavy atom. The van der Waals surface area contributed by atoms with Crippen LogP contribution in [-0.4, -0.2) is 27.7 Å². The second-order valence-electron chi connectivity index (χ2n) is 5.78. The quantitative estimate of drug-likeness (QED) is 0.698. The van der Waals surface area contributed by atoms with Gasteiger partial charge in [0.1, 0.15) is 22.6 Å². The number of rotatable bonds is 6. The number of urea groups is 1. The van der Waals surface area contributed by atoms with Crippen LogP contribution in [0, 0.1) is 6.92 Å². The fourth-order valence-corrected chi connectivity index (χ4v) is 3.38. The Balaban J connectivity index is 1.80. The molecule has 0 aliphatic carbocycles. The summed E-state index contributed by atoms with van der Waals surface area (Å²) in [6, 6.07) is 6.85. The Hall–Kier alpha value is -2.87. The van der Waals surface area contributed by atoms with Crippen molar-refractivity contribution in [1.82, 2.24) is 25.2 Å². The van der Waals surface area contributed by atoms with Gasteiger partial charge >= 0.3 is 6.03 Å². The molecule has 7 nitrogen and oxygen atoms in total. The number of hydrogen-bond acceptors (Lipinski definition) is 5. The molecule has 0 radical (unpaired) electrons. The summed E-state index contributed by atoms with van der Waals surface area (Å²) >= 11 is 1.52. The third-order valence-electron chi connectivity index (χ3n) is 3.91. The first-order chi connectivity index (χ1) is 12.6. The molecule has 8 heteroatoms. The molecule has 0 aliphatic heterocycles. The number of imidazole rings is 1. The second kappa shape index (κ2) is 8.01. The van der Waals surface area contributed by atoms with Gasteiger partial charge in [-0.3, -0.25) is 0 Å². The van der Waals surface area contributed by atoms with Crippen molar-refractivity contribution < 1.29 is 9.53 Å². The van der Waals surface area contributed by atoms with Crippen molar-refractivity contribution in [1.29, 1.82) is 0 Å². The highest BCUT2D eigenvalue weighted by Crippen LogP contribution is 2.28. The lowest BCUT2D eigenvalue weighted by Gasteiger charge is -2.21. The predicted molar refractivity (Wildman–Crippen MR) is 100 cm³/mol. The summed E-state index contributed by atoms with van der Waals surface area (Å²) in [5.74, 6) is 1.41. The van der Waals surface area contributed by atoms with E-state index in [1.807, 2.05) is 54.4 Å². The maximum atomic E-state index is 12.5. The van der Waals surface area contributed by atoms with Crippen molar-refractivity contribution >= 4 is 17.4 Å². The molecule has 1 aromatic carbocycles. The SMILES string of the molecule is COc1ccccc1C(NC(=O)NCc1nc(C)cs1)c1nccn1C. The van der Waals surface area contributed by atoms with Crippen LogP contribution >= 0.6 is 11.3 Å². The van der Waals surface area contributed by atoms with Crippen LogP contribution in [0.2, 0.25) is 0 Å². The van der Waals surface area contributed by atoms with E-state index >= 15 is 0 Å². The Bertz CT molecular complexity index is 889. The zero-order valence-electron chi connectivity index (χ0n) is 14.9. The fraction of sp³-hybridized carbons (Fsp3) is 0.278. The molecule has 0 saturated carbocycles. The summed E-state index contributed by atoms with van der Waals surface area (Å²) in [4.78, 5) is 21.2. The Morgan fingerprint density at radius 2 is 2.19 bits per heavy atom. The molecule has 0 fully saturated rings. The van der Waals surface area contributed by atoms with Crippen molar-refractivity contribution in [2.24, 2.45) is 7.05 Å². The molecule has 2 amide bonds. The minimum Gasteiger partial charge on any atom is -0.496 e. The summed E-state index contributed by atoms with van der Waals surface area (Å²) in [5.41, 5.74) is 1.79. The monoisotopic (exact) mass is 371 g/mol. The molecule has 3 aromatic rings. The summed E-state index contributed by atoms with van der Waals surface area (Å²) in [6.45, 7) is 2.31. The molecule has 2 aromatic heterocycles. The number of benzene rings is 1. The molecule has 3 rings (SSSR count). The Morgan fingerprint density at radius 1 is 1.38 bits per heavy atom. The molecular formula is C18H21N5O2S. The average molecular weight is 371 g/mol. The molecular weight excluding hydrogens is 350 g/mol. The Kier molecular flexibility index (Phi) is 5.52. The molecule has 26 heavy (non-hydrogen) atoms. The number of aromatic nitrogens is 3. The van der Waals surface area contributed by atoms with Gasteiger partial charge in [-0.25, -0.2) is 14.8 Å². The predicted octanol–water partition coefficient (Wildman–Crippen LogP) is 2.78. The van der Waals surface area contributed by atoms with Gasteiger partial charge in [-0.15, -0.1) is 11.3 Å². The smallest absolute Gasteiger partial charge is 0.316 e. The van der Waals surface area contributed by atoms with Gasteiger partial charge in [0.25, 0.3) is 0 Å². The molecule has 136 valence electrons. The molecule has 0 spiro atoms. The molecule has 0 aliphatic rings. The lowest BCUT2D eigenvalue weighted by Crippen LogP contribution is -2.39. The first-order valence-electron chi connectivity index (χ1n) is 8.14. The maximum absolute atomic E-state index is 12.5. The largest absolute Gasteiger partial charge is 0.496 e. The average Bonchev–Trinajstić information content (AvgIpc) is 3.26. The van der Waals surface area contributed by atoms with Crippen LogP contribution in [0.1, 0.15) is 28.1 Å².